The van der Waals surface area contributed by atoms with E-state index in [0.29, 0.717) is 17.8 Å². The van der Waals surface area contributed by atoms with Gasteiger partial charge >= 0.3 is 0 Å². The summed E-state index contributed by atoms with van der Waals surface area (Å²) in [5.74, 6) is 0.386. The van der Waals surface area contributed by atoms with Gasteiger partial charge in [-0.1, -0.05) is 6.07 Å². The van der Waals surface area contributed by atoms with Crippen LogP contribution in [0, 0.1) is 6.92 Å². The van der Waals surface area contributed by atoms with Gasteiger partial charge in [0.15, 0.2) is 0 Å². The minimum absolute atomic E-state index is 0.386. The second-order valence-electron chi connectivity index (χ2n) is 6.11. The van der Waals surface area contributed by atoms with Crippen LogP contribution in [0.2, 0.25) is 0 Å². The van der Waals surface area contributed by atoms with Crippen LogP contribution in [0.5, 0.6) is 5.75 Å². The van der Waals surface area contributed by atoms with Crippen LogP contribution in [0.15, 0.2) is 30.3 Å². The third kappa shape index (κ3) is 3.47. The number of aromatic hydroxyl groups is 1. The summed E-state index contributed by atoms with van der Waals surface area (Å²) in [7, 11) is 0. The molecule has 2 N–H and O–H groups in total. The molecule has 21 heavy (non-hydrogen) atoms. The number of benzene rings is 1. The van der Waals surface area contributed by atoms with Gasteiger partial charge in [-0.2, -0.15) is 0 Å². The first kappa shape index (κ1) is 14.6. The number of hydrogen-bond acceptors (Lipinski definition) is 3. The Morgan fingerprint density at radius 2 is 2.19 bits per heavy atom. The second kappa shape index (κ2) is 6.20. The van der Waals surface area contributed by atoms with Crippen LogP contribution in [0.4, 0.5) is 0 Å². The van der Waals surface area contributed by atoms with Gasteiger partial charge in [-0.25, -0.2) is 0 Å². The molecule has 2 aromatic rings. The fraction of sp³-hybridized carbons (Fsp3) is 0.444. The molecule has 0 fully saturated rings. The fourth-order valence-electron chi connectivity index (χ4n) is 3.27. The summed E-state index contributed by atoms with van der Waals surface area (Å²) in [6.45, 7) is 4.43. The van der Waals surface area contributed by atoms with E-state index in [1.165, 1.54) is 33.7 Å². The molecule has 3 heteroatoms. The summed E-state index contributed by atoms with van der Waals surface area (Å²) >= 11 is 1.89. The minimum Gasteiger partial charge on any atom is -0.508 e. The zero-order valence-corrected chi connectivity index (χ0v) is 13.5. The number of hydrogen-bond donors (Lipinski definition) is 2. The van der Waals surface area contributed by atoms with Crippen LogP contribution in [0.1, 0.15) is 46.7 Å². The summed E-state index contributed by atoms with van der Waals surface area (Å²) in [5.41, 5.74) is 2.67. The van der Waals surface area contributed by atoms with E-state index in [9.17, 15) is 5.11 Å². The van der Waals surface area contributed by atoms with Gasteiger partial charge in [0.25, 0.3) is 0 Å². The van der Waals surface area contributed by atoms with Crippen molar-refractivity contribution in [3.8, 4) is 5.75 Å². The van der Waals surface area contributed by atoms with E-state index < -0.39 is 0 Å². The predicted molar refractivity (Wildman–Crippen MR) is 89.1 cm³/mol. The van der Waals surface area contributed by atoms with Crippen LogP contribution in [0.3, 0.4) is 0 Å². The van der Waals surface area contributed by atoms with Crippen molar-refractivity contribution in [2.24, 2.45) is 0 Å². The Morgan fingerprint density at radius 1 is 1.33 bits per heavy atom. The summed E-state index contributed by atoms with van der Waals surface area (Å²) in [6.07, 6.45) is 4.55. The maximum atomic E-state index is 9.63. The smallest absolute Gasteiger partial charge is 0.115 e. The highest BCUT2D eigenvalue weighted by Gasteiger charge is 2.21. The van der Waals surface area contributed by atoms with E-state index in [0.717, 1.165) is 12.8 Å². The van der Waals surface area contributed by atoms with Gasteiger partial charge in [0.1, 0.15) is 5.75 Å². The van der Waals surface area contributed by atoms with E-state index >= 15 is 0 Å². The van der Waals surface area contributed by atoms with E-state index in [4.69, 9.17) is 0 Å². The van der Waals surface area contributed by atoms with Crippen LogP contribution in [-0.4, -0.2) is 11.1 Å². The Kier molecular flexibility index (Phi) is 4.32. The molecule has 0 amide bonds. The van der Waals surface area contributed by atoms with Crippen LogP contribution >= 0.6 is 11.3 Å². The minimum atomic E-state index is 0.386. The first-order chi connectivity index (χ1) is 10.1. The van der Waals surface area contributed by atoms with Crippen molar-refractivity contribution < 1.29 is 5.11 Å². The molecule has 0 radical (unpaired) electrons. The lowest BCUT2D eigenvalue weighted by Crippen LogP contribution is -2.33. The summed E-state index contributed by atoms with van der Waals surface area (Å²) < 4.78 is 0. The lowest BCUT2D eigenvalue weighted by Gasteiger charge is -2.29. The average Bonchev–Trinajstić information content (AvgIpc) is 2.83. The number of nitrogens with one attached hydrogen (secondary N) is 1. The summed E-state index contributed by atoms with van der Waals surface area (Å²) in [6, 6.07) is 11.2. The normalized spacial score (nSPS) is 19.2. The van der Waals surface area contributed by atoms with Gasteiger partial charge in [-0.05, 0) is 74.9 Å². The quantitative estimate of drug-likeness (QED) is 0.879. The van der Waals surface area contributed by atoms with Gasteiger partial charge in [0.05, 0.1) is 0 Å². The Morgan fingerprint density at radius 3 is 2.95 bits per heavy atom. The second-order valence-corrected chi connectivity index (χ2v) is 7.48. The summed E-state index contributed by atoms with van der Waals surface area (Å²) in [5, 5.41) is 13.4. The molecule has 2 nitrogen and oxygen atoms in total. The van der Waals surface area contributed by atoms with Crippen LogP contribution < -0.4 is 5.32 Å². The molecule has 1 aliphatic rings. The van der Waals surface area contributed by atoms with Crippen LogP contribution in [-0.2, 0) is 12.8 Å². The van der Waals surface area contributed by atoms with Gasteiger partial charge in [0, 0.05) is 21.8 Å². The van der Waals surface area contributed by atoms with E-state index in [-0.39, 0.29) is 0 Å². The number of thiophene rings is 1. The average molecular weight is 301 g/mol. The van der Waals surface area contributed by atoms with Gasteiger partial charge in [-0.3, -0.25) is 0 Å². The van der Waals surface area contributed by atoms with Gasteiger partial charge in [0.2, 0.25) is 0 Å². The van der Waals surface area contributed by atoms with E-state index in [1.807, 2.05) is 23.5 Å². The third-order valence-electron chi connectivity index (χ3n) is 4.23. The third-order valence-corrected chi connectivity index (χ3v) is 5.25. The highest BCUT2D eigenvalue weighted by Crippen LogP contribution is 2.32. The maximum absolute atomic E-state index is 9.63. The number of rotatable bonds is 4. The topological polar surface area (TPSA) is 32.3 Å². The van der Waals surface area contributed by atoms with Gasteiger partial charge < -0.3 is 10.4 Å². The molecule has 0 bridgehead atoms. The molecule has 112 valence electrons. The number of phenolic OH excluding ortho intramolecular Hbond substituents is 1. The van der Waals surface area contributed by atoms with Gasteiger partial charge in [-0.15, -0.1) is 11.3 Å². The largest absolute Gasteiger partial charge is 0.508 e. The highest BCUT2D eigenvalue weighted by atomic mass is 32.1. The summed E-state index contributed by atoms with van der Waals surface area (Å²) in [4.78, 5) is 2.84. The molecule has 1 aromatic carbocycles. The number of fused-ring (bicyclic) bond motifs is 1. The van der Waals surface area contributed by atoms with Crippen molar-refractivity contribution in [3.05, 3.63) is 51.2 Å². The number of aryl methyl sites for hydroxylation is 2. The Labute approximate surface area is 130 Å². The zero-order chi connectivity index (χ0) is 14.8. The van der Waals surface area contributed by atoms with Crippen molar-refractivity contribution in [1.29, 1.82) is 0 Å². The molecule has 0 saturated carbocycles. The van der Waals surface area contributed by atoms with E-state index in [2.05, 4.69) is 37.4 Å². The molecule has 1 heterocycles. The molecule has 2 atom stereocenters. The fourth-order valence-corrected chi connectivity index (χ4v) is 4.29. The molecule has 1 aliphatic carbocycles. The molecule has 0 aliphatic heterocycles. The Hall–Kier alpha value is -1.32. The SMILES string of the molecule is Cc1ccc(CC(C)NC2CCCc3cc(O)ccc32)s1. The first-order valence-corrected chi connectivity index (χ1v) is 8.56. The molecular weight excluding hydrogens is 278 g/mol. The maximum Gasteiger partial charge on any atom is 0.115 e. The monoisotopic (exact) mass is 301 g/mol. The molecule has 0 saturated heterocycles. The molecule has 1 aromatic heterocycles. The van der Waals surface area contributed by atoms with Crippen LogP contribution in [0.25, 0.3) is 0 Å². The Balaban J connectivity index is 1.68. The Bertz CT molecular complexity index is 619. The molecule has 3 rings (SSSR count). The lowest BCUT2D eigenvalue weighted by molar-refractivity contribution is 0.406. The highest BCUT2D eigenvalue weighted by molar-refractivity contribution is 7.11. The molecular formula is C18H23NOS. The standard InChI is InChI=1S/C18H23NOS/c1-12(10-16-8-6-13(2)21-16)19-18-5-3-4-14-11-15(20)7-9-17(14)18/h6-9,11-12,18-20H,3-5,10H2,1-2H3. The zero-order valence-electron chi connectivity index (χ0n) is 12.7. The van der Waals surface area contributed by atoms with E-state index in [1.54, 1.807) is 0 Å². The van der Waals surface area contributed by atoms with Crippen molar-refractivity contribution in [3.63, 3.8) is 0 Å². The first-order valence-electron chi connectivity index (χ1n) is 7.75. The molecule has 2 unspecified atom stereocenters. The van der Waals surface area contributed by atoms with Crippen molar-refractivity contribution in [2.45, 2.75) is 51.6 Å². The number of phenols is 1. The van der Waals surface area contributed by atoms with Crippen molar-refractivity contribution in [1.82, 2.24) is 5.32 Å². The molecule has 0 spiro atoms. The lowest BCUT2D eigenvalue weighted by atomic mass is 9.87. The van der Waals surface area contributed by atoms with Crippen molar-refractivity contribution in [2.75, 3.05) is 0 Å². The predicted octanol–water partition coefficient (Wildman–Crippen LogP) is 4.36. The van der Waals surface area contributed by atoms with Crippen molar-refractivity contribution >= 4 is 11.3 Å².